The maximum absolute atomic E-state index is 13.9. The van der Waals surface area contributed by atoms with Gasteiger partial charge in [-0.05, 0) is 56.9 Å². The Hall–Kier alpha value is -4.14. The first-order valence-electron chi connectivity index (χ1n) is 12.4. The molecule has 9 heteroatoms. The number of carbonyl (C=O) groups is 4. The van der Waals surface area contributed by atoms with Crippen LogP contribution in [0.1, 0.15) is 55.5 Å². The van der Waals surface area contributed by atoms with Crippen molar-refractivity contribution in [3.05, 3.63) is 83.4 Å². The third-order valence-corrected chi connectivity index (χ3v) is 5.81. The first-order chi connectivity index (χ1) is 17.8. The molecule has 0 bridgehead atoms. The van der Waals surface area contributed by atoms with E-state index >= 15 is 0 Å². The first kappa shape index (κ1) is 30.1. The summed E-state index contributed by atoms with van der Waals surface area (Å²) in [6.45, 7) is 12.8. The lowest BCUT2D eigenvalue weighted by Gasteiger charge is -2.34. The van der Waals surface area contributed by atoms with Gasteiger partial charge in [0.05, 0.1) is 6.42 Å². The third-order valence-electron chi connectivity index (χ3n) is 5.81. The summed E-state index contributed by atoms with van der Waals surface area (Å²) in [7, 11) is 0. The molecular weight excluding hydrogens is 484 g/mol. The molecule has 2 rings (SSSR count). The maximum atomic E-state index is 13.9. The Morgan fingerprint density at radius 1 is 1.05 bits per heavy atom. The van der Waals surface area contributed by atoms with Crippen LogP contribution in [0.4, 0.5) is 4.79 Å². The number of nitrogens with zero attached hydrogens (tertiary/aromatic N) is 1. The summed E-state index contributed by atoms with van der Waals surface area (Å²) in [6, 6.07) is 12.5. The van der Waals surface area contributed by atoms with Crippen molar-refractivity contribution in [1.82, 2.24) is 15.5 Å². The van der Waals surface area contributed by atoms with Gasteiger partial charge in [-0.3, -0.25) is 14.4 Å². The largest absolute Gasteiger partial charge is 0.444 e. The summed E-state index contributed by atoms with van der Waals surface area (Å²) in [5.74, 6) is -1.89. The fourth-order valence-corrected chi connectivity index (χ4v) is 3.92. The summed E-state index contributed by atoms with van der Waals surface area (Å²) in [4.78, 5) is 53.2. The van der Waals surface area contributed by atoms with Crippen LogP contribution in [0.3, 0.4) is 0 Å². The molecule has 0 aromatic heterocycles. The molecule has 2 aromatic carbocycles. The zero-order valence-corrected chi connectivity index (χ0v) is 22.7. The average molecular weight is 523 g/mol. The topological polar surface area (TPSA) is 131 Å². The molecule has 0 radical (unpaired) electrons. The lowest BCUT2D eigenvalue weighted by Crippen LogP contribution is -2.54. The van der Waals surface area contributed by atoms with Crippen molar-refractivity contribution >= 4 is 23.8 Å². The van der Waals surface area contributed by atoms with E-state index in [1.807, 2.05) is 56.3 Å². The fraction of sp³-hybridized carbons (Fsp3) is 0.379. The Balaban J connectivity index is 2.50. The van der Waals surface area contributed by atoms with Gasteiger partial charge in [-0.15, -0.1) is 6.58 Å². The minimum atomic E-state index is -1.35. The molecule has 9 nitrogen and oxygen atoms in total. The number of alkyl carbamates (subject to hydrolysis) is 1. The third kappa shape index (κ3) is 8.76. The van der Waals surface area contributed by atoms with E-state index in [9.17, 15) is 19.2 Å². The summed E-state index contributed by atoms with van der Waals surface area (Å²) in [6.07, 6.45) is 0.124. The number of rotatable bonds is 11. The lowest BCUT2D eigenvalue weighted by molar-refractivity contribution is -0.142. The van der Waals surface area contributed by atoms with Gasteiger partial charge < -0.3 is 26.0 Å². The van der Waals surface area contributed by atoms with Gasteiger partial charge in [-0.25, -0.2) is 4.79 Å². The summed E-state index contributed by atoms with van der Waals surface area (Å²) >= 11 is 0. The van der Waals surface area contributed by atoms with Crippen molar-refractivity contribution in [2.75, 3.05) is 6.54 Å². The standard InChI is InChI=1S/C29H38N4O5/c1-7-16-33(27(36)23(17-24(30)34)32-28(37)38-29(4,5)6)25(22-15-11-12-19(2)20(22)3)26(35)31-18-21-13-9-8-10-14-21/h7-15,23,25H,1,16-18H2,2-6H3,(H2,30,34)(H,31,35)(H,32,37). The van der Waals surface area contributed by atoms with Crippen molar-refractivity contribution in [2.24, 2.45) is 5.73 Å². The number of carbonyl (C=O) groups excluding carboxylic acids is 4. The second-order valence-electron chi connectivity index (χ2n) is 10.0. The predicted molar refractivity (Wildman–Crippen MR) is 146 cm³/mol. The SMILES string of the molecule is C=CCN(C(=O)C(CC(N)=O)NC(=O)OC(C)(C)C)C(C(=O)NCc1ccccc1)c1cccc(C)c1C. The molecule has 0 aliphatic heterocycles. The van der Waals surface area contributed by atoms with Gasteiger partial charge in [0.25, 0.3) is 0 Å². The molecule has 2 aromatic rings. The van der Waals surface area contributed by atoms with Crippen LogP contribution in [0.15, 0.2) is 61.2 Å². The van der Waals surface area contributed by atoms with Crippen LogP contribution >= 0.6 is 0 Å². The minimum Gasteiger partial charge on any atom is -0.444 e. The number of hydrogen-bond donors (Lipinski definition) is 3. The number of hydrogen-bond acceptors (Lipinski definition) is 5. The van der Waals surface area contributed by atoms with Crippen molar-refractivity contribution in [1.29, 1.82) is 0 Å². The normalized spacial score (nSPS) is 12.6. The molecule has 2 atom stereocenters. The quantitative estimate of drug-likeness (QED) is 0.389. The highest BCUT2D eigenvalue weighted by Crippen LogP contribution is 2.27. The van der Waals surface area contributed by atoms with Crippen LogP contribution in [0.5, 0.6) is 0 Å². The zero-order valence-electron chi connectivity index (χ0n) is 22.7. The Kier molecular flexibility index (Phi) is 10.6. The Bertz CT molecular complexity index is 1160. The Labute approximate surface area is 224 Å². The number of nitrogens with two attached hydrogens (primary N) is 1. The van der Waals surface area contributed by atoms with E-state index < -0.39 is 47.9 Å². The van der Waals surface area contributed by atoms with Gasteiger partial charge in [-0.1, -0.05) is 54.6 Å². The number of aryl methyl sites for hydroxylation is 1. The van der Waals surface area contributed by atoms with E-state index in [-0.39, 0.29) is 13.1 Å². The molecule has 0 heterocycles. The number of primary amides is 1. The van der Waals surface area contributed by atoms with Gasteiger partial charge >= 0.3 is 6.09 Å². The molecule has 0 saturated heterocycles. The van der Waals surface area contributed by atoms with E-state index in [1.165, 1.54) is 11.0 Å². The fourth-order valence-electron chi connectivity index (χ4n) is 3.92. The predicted octanol–water partition coefficient (Wildman–Crippen LogP) is 3.44. The lowest BCUT2D eigenvalue weighted by atomic mass is 9.94. The van der Waals surface area contributed by atoms with Crippen LogP contribution in [-0.4, -0.2) is 46.9 Å². The number of nitrogens with one attached hydrogen (secondary N) is 2. The van der Waals surface area contributed by atoms with E-state index in [0.29, 0.717) is 5.56 Å². The van der Waals surface area contributed by atoms with Crippen LogP contribution < -0.4 is 16.4 Å². The van der Waals surface area contributed by atoms with Crippen LogP contribution in [0, 0.1) is 13.8 Å². The highest BCUT2D eigenvalue weighted by Gasteiger charge is 2.37. The molecule has 0 fully saturated rings. The summed E-state index contributed by atoms with van der Waals surface area (Å²) in [5, 5.41) is 5.37. The minimum absolute atomic E-state index is 0.0269. The number of ether oxygens (including phenoxy) is 1. The monoisotopic (exact) mass is 522 g/mol. The van der Waals surface area contributed by atoms with Gasteiger partial charge in [0.15, 0.2) is 0 Å². The van der Waals surface area contributed by atoms with E-state index in [1.54, 1.807) is 26.8 Å². The molecule has 2 unspecified atom stereocenters. The van der Waals surface area contributed by atoms with Crippen LogP contribution in [0.2, 0.25) is 0 Å². The van der Waals surface area contributed by atoms with Crippen molar-refractivity contribution < 1.29 is 23.9 Å². The van der Waals surface area contributed by atoms with Gasteiger partial charge in [0, 0.05) is 13.1 Å². The molecule has 0 saturated carbocycles. The Morgan fingerprint density at radius 3 is 2.29 bits per heavy atom. The van der Waals surface area contributed by atoms with Crippen molar-refractivity contribution in [3.63, 3.8) is 0 Å². The molecule has 0 aliphatic rings. The second kappa shape index (κ2) is 13.4. The second-order valence-corrected chi connectivity index (χ2v) is 10.0. The molecule has 0 spiro atoms. The van der Waals surface area contributed by atoms with Crippen molar-refractivity contribution in [2.45, 2.75) is 65.3 Å². The van der Waals surface area contributed by atoms with Gasteiger partial charge in [-0.2, -0.15) is 0 Å². The van der Waals surface area contributed by atoms with Crippen LogP contribution in [-0.2, 0) is 25.7 Å². The maximum Gasteiger partial charge on any atom is 0.408 e. The highest BCUT2D eigenvalue weighted by molar-refractivity contribution is 5.94. The molecule has 204 valence electrons. The number of amides is 4. The Morgan fingerprint density at radius 2 is 1.71 bits per heavy atom. The molecular formula is C29H38N4O5. The highest BCUT2D eigenvalue weighted by atomic mass is 16.6. The van der Waals surface area contributed by atoms with Gasteiger partial charge in [0.1, 0.15) is 17.7 Å². The van der Waals surface area contributed by atoms with E-state index in [4.69, 9.17) is 10.5 Å². The van der Waals surface area contributed by atoms with E-state index in [2.05, 4.69) is 17.2 Å². The smallest absolute Gasteiger partial charge is 0.408 e. The zero-order chi connectivity index (χ0) is 28.5. The first-order valence-corrected chi connectivity index (χ1v) is 12.4. The summed E-state index contributed by atoms with van der Waals surface area (Å²) < 4.78 is 5.28. The summed E-state index contributed by atoms with van der Waals surface area (Å²) in [5.41, 5.74) is 7.86. The molecule has 0 aliphatic carbocycles. The number of benzene rings is 2. The molecule has 4 N–H and O–H groups in total. The average Bonchev–Trinajstić information content (AvgIpc) is 2.83. The molecule has 38 heavy (non-hydrogen) atoms. The van der Waals surface area contributed by atoms with Crippen LogP contribution in [0.25, 0.3) is 0 Å². The van der Waals surface area contributed by atoms with E-state index in [0.717, 1.165) is 16.7 Å². The van der Waals surface area contributed by atoms with Crippen molar-refractivity contribution in [3.8, 4) is 0 Å². The van der Waals surface area contributed by atoms with Gasteiger partial charge in [0.2, 0.25) is 17.7 Å². The molecule has 4 amide bonds.